The number of urea groups is 1. The molecule has 17 heavy (non-hydrogen) atoms. The van der Waals surface area contributed by atoms with Gasteiger partial charge in [0.15, 0.2) is 0 Å². The molecule has 0 bridgehead atoms. The number of amides is 2. The highest BCUT2D eigenvalue weighted by Gasteiger charge is 2.23. The van der Waals surface area contributed by atoms with Crippen LogP contribution in [0.15, 0.2) is 12.4 Å². The third kappa shape index (κ3) is 4.13. The molecule has 0 unspecified atom stereocenters. The first kappa shape index (κ1) is 13.0. The Morgan fingerprint density at radius 1 is 1.53 bits per heavy atom. The quantitative estimate of drug-likeness (QED) is 0.594. The van der Waals surface area contributed by atoms with Gasteiger partial charge in [-0.2, -0.15) is 0 Å². The van der Waals surface area contributed by atoms with Crippen molar-refractivity contribution in [3.63, 3.8) is 0 Å². The number of carbonyl (C=O) groups excluding carboxylic acids is 1. The molecule has 94 valence electrons. The number of imidazole rings is 1. The summed E-state index contributed by atoms with van der Waals surface area (Å²) >= 11 is 0. The number of nitrogens with zero attached hydrogens (tertiary/aromatic N) is 1. The molecule has 7 heteroatoms. The molecule has 0 saturated heterocycles. The normalized spacial score (nSPS) is 12.2. The van der Waals surface area contributed by atoms with Crippen LogP contribution >= 0.6 is 0 Å². The fourth-order valence-corrected chi connectivity index (χ4v) is 1.26. The molecule has 0 spiro atoms. The van der Waals surface area contributed by atoms with Gasteiger partial charge in [-0.25, -0.2) is 14.6 Å². The third-order valence-electron chi connectivity index (χ3n) is 2.19. The van der Waals surface area contributed by atoms with Crippen LogP contribution in [0, 0.1) is 5.92 Å². The smallest absolute Gasteiger partial charge is 0.326 e. The van der Waals surface area contributed by atoms with Crippen molar-refractivity contribution in [1.82, 2.24) is 20.6 Å². The molecule has 1 aromatic heterocycles. The second kappa shape index (κ2) is 5.88. The van der Waals surface area contributed by atoms with Crippen molar-refractivity contribution < 1.29 is 14.7 Å². The predicted octanol–water partition coefficient (Wildman–Crippen LogP) is 0.318. The van der Waals surface area contributed by atoms with Gasteiger partial charge < -0.3 is 20.7 Å². The van der Waals surface area contributed by atoms with Gasteiger partial charge in [-0.1, -0.05) is 13.8 Å². The highest BCUT2D eigenvalue weighted by Crippen LogP contribution is 2.01. The summed E-state index contributed by atoms with van der Waals surface area (Å²) in [6, 6.07) is -1.42. The first-order chi connectivity index (χ1) is 8.00. The van der Waals surface area contributed by atoms with E-state index in [1.807, 2.05) is 0 Å². The lowest BCUT2D eigenvalue weighted by Gasteiger charge is -2.17. The second-order valence-electron chi connectivity index (χ2n) is 3.92. The van der Waals surface area contributed by atoms with E-state index in [-0.39, 0.29) is 12.5 Å². The minimum absolute atomic E-state index is 0.179. The molecule has 0 aliphatic heterocycles. The number of hydrogen-bond acceptors (Lipinski definition) is 3. The first-order valence-corrected chi connectivity index (χ1v) is 5.26. The summed E-state index contributed by atoms with van der Waals surface area (Å²) in [6.07, 6.45) is 3.21. The van der Waals surface area contributed by atoms with E-state index in [2.05, 4.69) is 20.6 Å². The van der Waals surface area contributed by atoms with Gasteiger partial charge in [-0.3, -0.25) is 0 Å². The fourth-order valence-electron chi connectivity index (χ4n) is 1.26. The molecule has 1 aromatic rings. The Hall–Kier alpha value is -2.05. The minimum Gasteiger partial charge on any atom is -0.480 e. The number of aromatic amines is 1. The Balaban J connectivity index is 2.40. The van der Waals surface area contributed by atoms with E-state index in [0.29, 0.717) is 5.82 Å². The molecule has 0 radical (unpaired) electrons. The summed E-state index contributed by atoms with van der Waals surface area (Å²) in [5.74, 6) is -0.619. The summed E-state index contributed by atoms with van der Waals surface area (Å²) in [4.78, 5) is 29.0. The number of carboxylic acids is 1. The van der Waals surface area contributed by atoms with Gasteiger partial charge in [0.2, 0.25) is 0 Å². The Labute approximate surface area is 98.6 Å². The number of carbonyl (C=O) groups is 2. The van der Waals surface area contributed by atoms with Gasteiger partial charge in [0.05, 0.1) is 6.54 Å². The van der Waals surface area contributed by atoms with Crippen molar-refractivity contribution >= 4 is 12.0 Å². The second-order valence-corrected chi connectivity index (χ2v) is 3.92. The molecule has 0 aromatic carbocycles. The van der Waals surface area contributed by atoms with Crippen molar-refractivity contribution in [2.75, 3.05) is 0 Å². The first-order valence-electron chi connectivity index (χ1n) is 5.26. The molecule has 0 aliphatic rings. The molecular weight excluding hydrogens is 224 g/mol. The number of hydrogen-bond donors (Lipinski definition) is 4. The third-order valence-corrected chi connectivity index (χ3v) is 2.19. The van der Waals surface area contributed by atoms with Crippen molar-refractivity contribution in [1.29, 1.82) is 0 Å². The zero-order valence-corrected chi connectivity index (χ0v) is 9.73. The molecule has 0 fully saturated rings. The summed E-state index contributed by atoms with van der Waals surface area (Å²) in [5, 5.41) is 13.8. The standard InChI is InChI=1S/C10H16N4O3/c1-6(2)8(9(15)16)14-10(17)13-5-7-11-3-4-12-7/h3-4,6,8H,5H2,1-2H3,(H,11,12)(H,15,16)(H2,13,14,17)/t8-/m1/s1. The molecule has 0 aliphatic carbocycles. The maximum Gasteiger partial charge on any atom is 0.326 e. The molecule has 1 heterocycles. The van der Waals surface area contributed by atoms with Gasteiger partial charge in [0.25, 0.3) is 0 Å². The van der Waals surface area contributed by atoms with Crippen molar-refractivity contribution in [3.8, 4) is 0 Å². The Kier molecular flexibility index (Phi) is 4.50. The zero-order chi connectivity index (χ0) is 12.8. The van der Waals surface area contributed by atoms with E-state index >= 15 is 0 Å². The summed E-state index contributed by atoms with van der Waals surface area (Å²) < 4.78 is 0. The van der Waals surface area contributed by atoms with E-state index in [1.165, 1.54) is 0 Å². The lowest BCUT2D eigenvalue weighted by atomic mass is 10.1. The number of nitrogens with one attached hydrogen (secondary N) is 3. The molecule has 1 rings (SSSR count). The SMILES string of the molecule is CC(C)[C@@H](NC(=O)NCc1ncc[nH]1)C(=O)O. The number of aromatic nitrogens is 2. The number of carboxylic acid groups (broad SMARTS) is 1. The molecule has 0 saturated carbocycles. The van der Waals surface area contributed by atoms with Crippen LogP contribution in [0.4, 0.5) is 4.79 Å². The van der Waals surface area contributed by atoms with Crippen LogP contribution in [0.3, 0.4) is 0 Å². The molecular formula is C10H16N4O3. The van der Waals surface area contributed by atoms with Crippen LogP contribution in [-0.4, -0.2) is 33.1 Å². The van der Waals surface area contributed by atoms with E-state index < -0.39 is 18.0 Å². The van der Waals surface area contributed by atoms with Gasteiger partial charge in [0.1, 0.15) is 11.9 Å². The van der Waals surface area contributed by atoms with Crippen LogP contribution in [0.2, 0.25) is 0 Å². The van der Waals surface area contributed by atoms with Crippen molar-refractivity contribution in [2.24, 2.45) is 5.92 Å². The lowest BCUT2D eigenvalue weighted by molar-refractivity contribution is -0.140. The van der Waals surface area contributed by atoms with Gasteiger partial charge in [0, 0.05) is 12.4 Å². The highest BCUT2D eigenvalue weighted by atomic mass is 16.4. The summed E-state index contributed by atoms with van der Waals surface area (Å²) in [7, 11) is 0. The van der Waals surface area contributed by atoms with E-state index in [1.54, 1.807) is 26.2 Å². The van der Waals surface area contributed by atoms with Crippen LogP contribution in [-0.2, 0) is 11.3 Å². The van der Waals surface area contributed by atoms with E-state index in [9.17, 15) is 9.59 Å². The number of aliphatic carboxylic acids is 1. The van der Waals surface area contributed by atoms with Gasteiger partial charge >= 0.3 is 12.0 Å². The maximum atomic E-state index is 11.4. The zero-order valence-electron chi connectivity index (χ0n) is 9.73. The molecule has 2 amide bonds. The average Bonchev–Trinajstić information content (AvgIpc) is 2.74. The van der Waals surface area contributed by atoms with Crippen molar-refractivity contribution in [3.05, 3.63) is 18.2 Å². The average molecular weight is 240 g/mol. The van der Waals surface area contributed by atoms with Crippen LogP contribution < -0.4 is 10.6 Å². The number of H-pyrrole nitrogens is 1. The Morgan fingerprint density at radius 3 is 2.71 bits per heavy atom. The topological polar surface area (TPSA) is 107 Å². The monoisotopic (exact) mass is 240 g/mol. The molecule has 4 N–H and O–H groups in total. The Bertz CT molecular complexity index is 375. The van der Waals surface area contributed by atoms with Gasteiger partial charge in [-0.05, 0) is 5.92 Å². The van der Waals surface area contributed by atoms with Crippen LogP contribution in [0.5, 0.6) is 0 Å². The predicted molar refractivity (Wildman–Crippen MR) is 60.2 cm³/mol. The molecule has 7 nitrogen and oxygen atoms in total. The maximum absolute atomic E-state index is 11.4. The largest absolute Gasteiger partial charge is 0.480 e. The number of rotatable bonds is 5. The summed E-state index contributed by atoms with van der Waals surface area (Å²) in [5.41, 5.74) is 0. The summed E-state index contributed by atoms with van der Waals surface area (Å²) in [6.45, 7) is 3.68. The fraction of sp³-hybridized carbons (Fsp3) is 0.500. The van der Waals surface area contributed by atoms with Gasteiger partial charge in [-0.15, -0.1) is 0 Å². The van der Waals surface area contributed by atoms with Crippen LogP contribution in [0.1, 0.15) is 19.7 Å². The van der Waals surface area contributed by atoms with Crippen molar-refractivity contribution in [2.45, 2.75) is 26.4 Å². The van der Waals surface area contributed by atoms with Crippen LogP contribution in [0.25, 0.3) is 0 Å². The van der Waals surface area contributed by atoms with E-state index in [0.717, 1.165) is 0 Å². The Morgan fingerprint density at radius 2 is 2.24 bits per heavy atom. The minimum atomic E-state index is -1.05. The molecule has 1 atom stereocenters. The lowest BCUT2D eigenvalue weighted by Crippen LogP contribution is -2.48. The van der Waals surface area contributed by atoms with E-state index in [4.69, 9.17) is 5.11 Å². The highest BCUT2D eigenvalue weighted by molar-refractivity contribution is 5.82.